The van der Waals surface area contributed by atoms with Crippen molar-refractivity contribution >= 4 is 23.4 Å². The van der Waals surface area contributed by atoms with Gasteiger partial charge in [0.2, 0.25) is 5.91 Å². The Balaban J connectivity index is 1.92. The van der Waals surface area contributed by atoms with Gasteiger partial charge < -0.3 is 15.7 Å². The van der Waals surface area contributed by atoms with Gasteiger partial charge in [-0.1, -0.05) is 50.5 Å². The minimum Gasteiger partial charge on any atom is -0.391 e. The fourth-order valence-corrected chi connectivity index (χ4v) is 3.59. The van der Waals surface area contributed by atoms with Crippen molar-refractivity contribution in [2.75, 3.05) is 25.5 Å². The minimum absolute atomic E-state index is 0.0588. The summed E-state index contributed by atoms with van der Waals surface area (Å²) in [7, 11) is 1.95. The first-order chi connectivity index (χ1) is 16.7. The van der Waals surface area contributed by atoms with E-state index in [2.05, 4.69) is 17.6 Å². The van der Waals surface area contributed by atoms with E-state index >= 15 is 0 Å². The van der Waals surface area contributed by atoms with E-state index in [4.69, 9.17) is 5.21 Å². The first-order valence-electron chi connectivity index (χ1n) is 11.9. The largest absolute Gasteiger partial charge is 0.391 e. The summed E-state index contributed by atoms with van der Waals surface area (Å²) < 4.78 is 0. The fraction of sp³-hybridized carbons (Fsp3) is 0.423. The van der Waals surface area contributed by atoms with Crippen LogP contribution < -0.4 is 16.1 Å². The lowest BCUT2D eigenvalue weighted by atomic mass is 10.0. The van der Waals surface area contributed by atoms with Gasteiger partial charge in [-0.15, -0.1) is 0 Å². The summed E-state index contributed by atoms with van der Waals surface area (Å²) in [6, 6.07) is 12.9. The molecule has 2 atom stereocenters. The molecule has 0 aliphatic rings. The molecule has 0 unspecified atom stereocenters. The van der Waals surface area contributed by atoms with Crippen LogP contribution in [-0.4, -0.2) is 65.2 Å². The zero-order valence-electron chi connectivity index (χ0n) is 20.6. The third-order valence-electron chi connectivity index (χ3n) is 5.62. The quantitative estimate of drug-likeness (QED) is 0.169. The van der Waals surface area contributed by atoms with Crippen molar-refractivity contribution in [3.05, 3.63) is 54.1 Å². The number of hydrogen-bond acceptors (Lipinski definition) is 6. The second-order valence-corrected chi connectivity index (χ2v) is 8.67. The maximum absolute atomic E-state index is 12.4. The van der Waals surface area contributed by atoms with E-state index in [0.717, 1.165) is 24.1 Å². The van der Waals surface area contributed by atoms with Gasteiger partial charge in [0.05, 0.1) is 12.6 Å². The van der Waals surface area contributed by atoms with Crippen molar-refractivity contribution in [1.82, 2.24) is 15.7 Å². The highest BCUT2D eigenvalue weighted by Gasteiger charge is 2.25. The highest BCUT2D eigenvalue weighted by Crippen LogP contribution is 2.22. The van der Waals surface area contributed by atoms with E-state index in [1.54, 1.807) is 24.3 Å². The number of anilines is 1. The lowest BCUT2D eigenvalue weighted by molar-refractivity contribution is -0.133. The molecule has 0 spiro atoms. The number of rotatable bonds is 13. The van der Waals surface area contributed by atoms with Crippen molar-refractivity contribution in [3.8, 4) is 11.1 Å². The molecular weight excluding hydrogens is 448 g/mol. The molecule has 0 radical (unpaired) electrons. The number of nitrogens with one attached hydrogen (secondary N) is 3. The van der Waals surface area contributed by atoms with Gasteiger partial charge in [-0.3, -0.25) is 24.5 Å². The van der Waals surface area contributed by atoms with Gasteiger partial charge in [-0.2, -0.15) is 0 Å². The predicted octanol–water partition coefficient (Wildman–Crippen LogP) is 2.79. The van der Waals surface area contributed by atoms with Gasteiger partial charge in [-0.05, 0) is 62.3 Å². The average molecular weight is 485 g/mol. The molecule has 0 aliphatic carbocycles. The molecule has 0 saturated heterocycles. The average Bonchev–Trinajstić information content (AvgIpc) is 2.85. The number of carbonyl (C=O) groups is 3. The third kappa shape index (κ3) is 9.12. The summed E-state index contributed by atoms with van der Waals surface area (Å²) >= 11 is 0. The normalized spacial score (nSPS) is 12.6. The SMILES string of the molecule is CCCCCCN(C)CC(=O)Nc1ccc(-c2ccc(C(=O)N[C@H](C(=O)NO)[C@@H](C)O)cc2)cc1. The van der Waals surface area contributed by atoms with Crippen LogP contribution in [0.5, 0.6) is 0 Å². The van der Waals surface area contributed by atoms with Crippen LogP contribution in [0.3, 0.4) is 0 Å². The highest BCUT2D eigenvalue weighted by atomic mass is 16.5. The van der Waals surface area contributed by atoms with E-state index in [9.17, 15) is 19.5 Å². The Kier molecular flexibility index (Phi) is 11.4. The van der Waals surface area contributed by atoms with Crippen LogP contribution in [0.4, 0.5) is 5.69 Å². The topological polar surface area (TPSA) is 131 Å². The number of aliphatic hydroxyl groups is 1. The minimum atomic E-state index is -1.28. The van der Waals surface area contributed by atoms with Crippen molar-refractivity contribution in [2.24, 2.45) is 0 Å². The van der Waals surface area contributed by atoms with Crippen LogP contribution in [-0.2, 0) is 9.59 Å². The van der Waals surface area contributed by atoms with Crippen LogP contribution >= 0.6 is 0 Å². The summed E-state index contributed by atoms with van der Waals surface area (Å²) in [5.41, 5.74) is 4.21. The maximum atomic E-state index is 12.4. The standard InChI is InChI=1S/C26H36N4O5/c1-4-5-6-7-16-30(3)17-23(32)27-22-14-12-20(13-15-22)19-8-10-21(11-9-19)25(33)28-24(18(2)31)26(34)29-35/h8-15,18,24,31,35H,4-7,16-17H2,1-3H3,(H,27,32)(H,28,33)(H,29,34)/t18-,24+/m1/s1. The number of hydrogen-bond donors (Lipinski definition) is 5. The van der Waals surface area contributed by atoms with Crippen LogP contribution in [0.2, 0.25) is 0 Å². The zero-order valence-corrected chi connectivity index (χ0v) is 20.6. The summed E-state index contributed by atoms with van der Waals surface area (Å²) in [6.07, 6.45) is 3.49. The van der Waals surface area contributed by atoms with Crippen LogP contribution in [0.25, 0.3) is 11.1 Å². The lowest BCUT2D eigenvalue weighted by Crippen LogP contribution is -2.51. The van der Waals surface area contributed by atoms with Crippen LogP contribution in [0, 0.1) is 0 Å². The second kappa shape index (κ2) is 14.2. The second-order valence-electron chi connectivity index (χ2n) is 8.67. The van der Waals surface area contributed by atoms with Gasteiger partial charge in [-0.25, -0.2) is 5.48 Å². The van der Waals surface area contributed by atoms with E-state index in [0.29, 0.717) is 17.8 Å². The van der Waals surface area contributed by atoms with Crippen LogP contribution in [0.1, 0.15) is 49.9 Å². The molecule has 0 fully saturated rings. The number of hydroxylamine groups is 1. The summed E-state index contributed by atoms with van der Waals surface area (Å²) in [5, 5.41) is 23.7. The number of benzene rings is 2. The van der Waals surface area contributed by atoms with Gasteiger partial charge in [0.25, 0.3) is 11.8 Å². The molecular formula is C26H36N4O5. The number of unbranched alkanes of at least 4 members (excludes halogenated alkanes) is 3. The van der Waals surface area contributed by atoms with Gasteiger partial charge in [0.1, 0.15) is 6.04 Å². The van der Waals surface area contributed by atoms with Gasteiger partial charge >= 0.3 is 0 Å². The number of amides is 3. The molecule has 3 amide bonds. The molecule has 2 aromatic rings. The summed E-state index contributed by atoms with van der Waals surface area (Å²) in [5.74, 6) is -1.52. The Hall–Kier alpha value is -3.27. The van der Waals surface area contributed by atoms with E-state index in [-0.39, 0.29) is 5.91 Å². The van der Waals surface area contributed by atoms with E-state index in [1.165, 1.54) is 31.7 Å². The first kappa shape index (κ1) is 28.0. The molecule has 190 valence electrons. The van der Waals surface area contributed by atoms with E-state index in [1.807, 2.05) is 36.2 Å². The Morgan fingerprint density at radius 2 is 1.54 bits per heavy atom. The van der Waals surface area contributed by atoms with Gasteiger partial charge in [0.15, 0.2) is 0 Å². The molecule has 5 N–H and O–H groups in total. The van der Waals surface area contributed by atoms with Crippen molar-refractivity contribution in [1.29, 1.82) is 0 Å². The summed E-state index contributed by atoms with van der Waals surface area (Å²) in [4.78, 5) is 38.3. The van der Waals surface area contributed by atoms with Crippen molar-refractivity contribution in [3.63, 3.8) is 0 Å². The zero-order chi connectivity index (χ0) is 25.8. The molecule has 0 saturated carbocycles. The fourth-order valence-electron chi connectivity index (χ4n) is 3.59. The molecule has 9 nitrogen and oxygen atoms in total. The predicted molar refractivity (Wildman–Crippen MR) is 135 cm³/mol. The molecule has 35 heavy (non-hydrogen) atoms. The Morgan fingerprint density at radius 3 is 2.09 bits per heavy atom. The molecule has 9 heteroatoms. The lowest BCUT2D eigenvalue weighted by Gasteiger charge is -2.19. The molecule has 0 bridgehead atoms. The van der Waals surface area contributed by atoms with E-state index < -0.39 is 24.0 Å². The van der Waals surface area contributed by atoms with Crippen molar-refractivity contribution in [2.45, 2.75) is 51.7 Å². The molecule has 0 heterocycles. The van der Waals surface area contributed by atoms with Crippen LogP contribution in [0.15, 0.2) is 48.5 Å². The Bertz CT molecular complexity index is 961. The maximum Gasteiger partial charge on any atom is 0.268 e. The first-order valence-corrected chi connectivity index (χ1v) is 11.9. The molecule has 2 rings (SSSR count). The number of aliphatic hydroxyl groups excluding tert-OH is 1. The third-order valence-corrected chi connectivity index (χ3v) is 5.62. The monoisotopic (exact) mass is 484 g/mol. The smallest absolute Gasteiger partial charge is 0.268 e. The molecule has 2 aromatic carbocycles. The Morgan fingerprint density at radius 1 is 0.943 bits per heavy atom. The van der Waals surface area contributed by atoms with Gasteiger partial charge in [0, 0.05) is 11.3 Å². The van der Waals surface area contributed by atoms with Crippen molar-refractivity contribution < 1.29 is 24.7 Å². The molecule has 0 aromatic heterocycles. The summed E-state index contributed by atoms with van der Waals surface area (Å²) in [6.45, 7) is 4.75. The molecule has 0 aliphatic heterocycles. The highest BCUT2D eigenvalue weighted by molar-refractivity contribution is 5.98. The number of nitrogens with zero attached hydrogens (tertiary/aromatic N) is 1. The number of likely N-dealkylation sites (N-methyl/N-ethyl adjacent to an activating group) is 1. The Labute approximate surface area is 206 Å². The number of carbonyl (C=O) groups excluding carboxylic acids is 3.